The van der Waals surface area contributed by atoms with Crippen LogP contribution in [0.2, 0.25) is 0 Å². The molecule has 1 aliphatic heterocycles. The molecule has 1 aromatic rings. The second-order valence-electron chi connectivity index (χ2n) is 10.7. The Morgan fingerprint density at radius 2 is 1.79 bits per heavy atom. The fraction of sp³-hybridized carbons (Fsp3) is 0.833. The third-order valence-electron chi connectivity index (χ3n) is 8.38. The molecule has 6 rings (SSSR count). The predicted molar refractivity (Wildman–Crippen MR) is 114 cm³/mol. The van der Waals surface area contributed by atoms with Gasteiger partial charge in [0.15, 0.2) is 0 Å². The van der Waals surface area contributed by atoms with Crippen LogP contribution in [0, 0.1) is 23.2 Å². The molecule has 5 fully saturated rings. The maximum Gasteiger partial charge on any atom is 0.220 e. The lowest BCUT2D eigenvalue weighted by molar-refractivity contribution is -0.130. The fourth-order valence-electron chi connectivity index (χ4n) is 7.42. The van der Waals surface area contributed by atoms with Gasteiger partial charge >= 0.3 is 0 Å². The van der Waals surface area contributed by atoms with Crippen molar-refractivity contribution in [3.8, 4) is 0 Å². The van der Waals surface area contributed by atoms with Crippen LogP contribution >= 0.6 is 0 Å². The van der Waals surface area contributed by atoms with Gasteiger partial charge in [-0.05, 0) is 93.4 Å². The standard InChI is InChI=1S/C24H38N4O/c1-2-28-17-18(16-25-28)3-6-27-7-4-22(5-8-27)26-23(29)15-24-12-19-9-20(13-24)11-21(10-19)14-24/h16-17,19-22H,2-15H2,1H3,(H,26,29). The third kappa shape index (κ3) is 4.40. The van der Waals surface area contributed by atoms with Gasteiger partial charge in [-0.15, -0.1) is 0 Å². The second-order valence-corrected chi connectivity index (χ2v) is 10.7. The molecule has 5 aliphatic rings. The summed E-state index contributed by atoms with van der Waals surface area (Å²) in [6, 6.07) is 0.385. The molecule has 1 saturated heterocycles. The van der Waals surface area contributed by atoms with Crippen molar-refractivity contribution in [2.24, 2.45) is 23.2 Å². The first kappa shape index (κ1) is 19.6. The van der Waals surface area contributed by atoms with Gasteiger partial charge in [0.2, 0.25) is 5.91 Å². The van der Waals surface area contributed by atoms with Crippen molar-refractivity contribution in [3.05, 3.63) is 18.0 Å². The van der Waals surface area contributed by atoms with Crippen LogP contribution in [0.3, 0.4) is 0 Å². The molecule has 1 N–H and O–H groups in total. The van der Waals surface area contributed by atoms with Crippen LogP contribution in [0.5, 0.6) is 0 Å². The largest absolute Gasteiger partial charge is 0.353 e. The monoisotopic (exact) mass is 398 g/mol. The van der Waals surface area contributed by atoms with E-state index < -0.39 is 0 Å². The molecular formula is C24H38N4O. The highest BCUT2D eigenvalue weighted by Crippen LogP contribution is 2.61. The molecule has 0 atom stereocenters. The highest BCUT2D eigenvalue weighted by atomic mass is 16.1. The van der Waals surface area contributed by atoms with Crippen LogP contribution in [0.1, 0.15) is 70.3 Å². The molecular weight excluding hydrogens is 360 g/mol. The van der Waals surface area contributed by atoms with Crippen molar-refractivity contribution >= 4 is 5.91 Å². The van der Waals surface area contributed by atoms with Crippen molar-refractivity contribution < 1.29 is 4.79 Å². The predicted octanol–water partition coefficient (Wildman–Crippen LogP) is 3.63. The quantitative estimate of drug-likeness (QED) is 0.763. The molecule has 1 amide bonds. The minimum absolute atomic E-state index is 0.345. The molecule has 29 heavy (non-hydrogen) atoms. The van der Waals surface area contributed by atoms with Crippen molar-refractivity contribution in [2.75, 3.05) is 19.6 Å². The van der Waals surface area contributed by atoms with E-state index in [9.17, 15) is 4.79 Å². The molecule has 5 nitrogen and oxygen atoms in total. The van der Waals surface area contributed by atoms with Crippen LogP contribution in [-0.4, -0.2) is 46.3 Å². The Bertz CT molecular complexity index is 683. The lowest BCUT2D eigenvalue weighted by atomic mass is 9.49. The minimum atomic E-state index is 0.345. The highest BCUT2D eigenvalue weighted by molar-refractivity contribution is 5.77. The normalized spacial score (nSPS) is 34.6. The molecule has 4 aliphatic carbocycles. The van der Waals surface area contributed by atoms with E-state index in [1.807, 2.05) is 10.9 Å². The van der Waals surface area contributed by atoms with Crippen LogP contribution in [0.15, 0.2) is 12.4 Å². The van der Waals surface area contributed by atoms with E-state index in [4.69, 9.17) is 0 Å². The zero-order valence-electron chi connectivity index (χ0n) is 18.1. The van der Waals surface area contributed by atoms with E-state index >= 15 is 0 Å². The summed E-state index contributed by atoms with van der Waals surface area (Å²) in [5, 5.41) is 7.79. The van der Waals surface area contributed by atoms with E-state index in [0.29, 0.717) is 17.4 Å². The second kappa shape index (κ2) is 8.05. The smallest absolute Gasteiger partial charge is 0.220 e. The number of nitrogens with zero attached hydrogens (tertiary/aromatic N) is 3. The van der Waals surface area contributed by atoms with Gasteiger partial charge in [0.25, 0.3) is 0 Å². The van der Waals surface area contributed by atoms with E-state index in [0.717, 1.165) is 69.6 Å². The van der Waals surface area contributed by atoms with E-state index in [-0.39, 0.29) is 0 Å². The van der Waals surface area contributed by atoms with Crippen LogP contribution < -0.4 is 5.32 Å². The summed E-state index contributed by atoms with van der Waals surface area (Å²) < 4.78 is 2.00. The molecule has 4 saturated carbocycles. The van der Waals surface area contributed by atoms with Crippen LogP contribution in [0.25, 0.3) is 0 Å². The SMILES string of the molecule is CCn1cc(CCN2CCC(NC(=O)CC34CC5CC(CC(C5)C3)C4)CC2)cn1. The van der Waals surface area contributed by atoms with E-state index in [1.54, 1.807) is 0 Å². The van der Waals surface area contributed by atoms with Crippen LogP contribution in [0.4, 0.5) is 0 Å². The summed E-state index contributed by atoms with van der Waals surface area (Å²) in [7, 11) is 0. The molecule has 0 unspecified atom stereocenters. The summed E-state index contributed by atoms with van der Waals surface area (Å²) >= 11 is 0. The van der Waals surface area contributed by atoms with Gasteiger partial charge in [-0.2, -0.15) is 5.10 Å². The average Bonchev–Trinajstić information content (AvgIpc) is 3.14. The average molecular weight is 399 g/mol. The Hall–Kier alpha value is -1.36. The van der Waals surface area contributed by atoms with Gasteiger partial charge in [0.1, 0.15) is 0 Å². The van der Waals surface area contributed by atoms with Crippen molar-refractivity contribution in [3.63, 3.8) is 0 Å². The number of hydrogen-bond donors (Lipinski definition) is 1. The number of aromatic nitrogens is 2. The summed E-state index contributed by atoms with van der Waals surface area (Å²) in [5.41, 5.74) is 1.69. The number of carbonyl (C=O) groups excluding carboxylic acids is 1. The Kier molecular flexibility index (Phi) is 5.44. The van der Waals surface area contributed by atoms with Gasteiger partial charge in [0.05, 0.1) is 6.20 Å². The van der Waals surface area contributed by atoms with E-state index in [2.05, 4.69) is 28.4 Å². The fourth-order valence-corrected chi connectivity index (χ4v) is 7.42. The summed E-state index contributed by atoms with van der Waals surface area (Å²) in [4.78, 5) is 15.4. The van der Waals surface area contributed by atoms with Crippen molar-refractivity contribution in [1.82, 2.24) is 20.0 Å². The van der Waals surface area contributed by atoms with Crippen molar-refractivity contribution in [2.45, 2.75) is 83.7 Å². The zero-order chi connectivity index (χ0) is 19.8. The minimum Gasteiger partial charge on any atom is -0.353 e. The number of carbonyl (C=O) groups is 1. The first-order chi connectivity index (χ1) is 14.1. The topological polar surface area (TPSA) is 50.2 Å². The lowest BCUT2D eigenvalue weighted by Gasteiger charge is -2.56. The van der Waals surface area contributed by atoms with Gasteiger partial charge in [0, 0.05) is 44.8 Å². The Balaban J connectivity index is 1.05. The van der Waals surface area contributed by atoms with Gasteiger partial charge in [-0.1, -0.05) is 0 Å². The van der Waals surface area contributed by atoms with Gasteiger partial charge in [-0.3, -0.25) is 9.48 Å². The van der Waals surface area contributed by atoms with Gasteiger partial charge in [-0.25, -0.2) is 0 Å². The number of hydrogen-bond acceptors (Lipinski definition) is 3. The molecule has 2 heterocycles. The van der Waals surface area contributed by atoms with Gasteiger partial charge < -0.3 is 10.2 Å². The van der Waals surface area contributed by atoms with E-state index in [1.165, 1.54) is 44.1 Å². The molecule has 4 bridgehead atoms. The van der Waals surface area contributed by atoms with Crippen LogP contribution in [-0.2, 0) is 17.8 Å². The molecule has 160 valence electrons. The summed E-state index contributed by atoms with van der Waals surface area (Å²) in [6.45, 7) is 6.37. The Morgan fingerprint density at radius 3 is 2.38 bits per heavy atom. The number of amides is 1. The number of aryl methyl sites for hydroxylation is 1. The number of piperidine rings is 1. The molecule has 0 aromatic carbocycles. The Labute approximate surface area is 175 Å². The molecule has 0 spiro atoms. The maximum absolute atomic E-state index is 12.9. The lowest BCUT2D eigenvalue weighted by Crippen LogP contribution is -2.50. The first-order valence-electron chi connectivity index (χ1n) is 12.1. The summed E-state index contributed by atoms with van der Waals surface area (Å²) in [5.74, 6) is 3.14. The summed E-state index contributed by atoms with van der Waals surface area (Å²) in [6.07, 6.45) is 16.6. The maximum atomic E-state index is 12.9. The molecule has 1 aromatic heterocycles. The zero-order valence-corrected chi connectivity index (χ0v) is 18.1. The van der Waals surface area contributed by atoms with Crippen molar-refractivity contribution in [1.29, 1.82) is 0 Å². The first-order valence-corrected chi connectivity index (χ1v) is 12.1. The highest BCUT2D eigenvalue weighted by Gasteiger charge is 2.51. The number of nitrogens with one attached hydrogen (secondary N) is 1. The number of likely N-dealkylation sites (tertiary alicyclic amines) is 1. The molecule has 5 heteroatoms. The third-order valence-corrected chi connectivity index (χ3v) is 8.38. The number of rotatable bonds is 7. The molecule has 0 radical (unpaired) electrons. The Morgan fingerprint density at radius 1 is 1.14 bits per heavy atom.